The molecule has 0 heterocycles. The maximum absolute atomic E-state index is 11.2. The highest BCUT2D eigenvalue weighted by Crippen LogP contribution is 2.17. The van der Waals surface area contributed by atoms with Gasteiger partial charge in [0.1, 0.15) is 6.10 Å². The fourth-order valence-corrected chi connectivity index (χ4v) is 0.237. The van der Waals surface area contributed by atoms with Gasteiger partial charge < -0.3 is 5.11 Å². The predicted molar refractivity (Wildman–Crippen MR) is 22.7 cm³/mol. The maximum Gasteiger partial charge on any atom is 0.452 e. The first-order valence-corrected chi connectivity index (χ1v) is 2.15. The first-order valence-electron chi connectivity index (χ1n) is 2.15. The number of hydrogen-bond acceptors (Lipinski definition) is 2. The molecule has 0 rings (SSSR count). The van der Waals surface area contributed by atoms with Crippen LogP contribution in [0.4, 0.5) is 13.2 Å². The monoisotopic (exact) mass is 142 g/mol. The zero-order chi connectivity index (χ0) is 7.65. The van der Waals surface area contributed by atoms with Crippen LogP contribution >= 0.6 is 0 Å². The lowest BCUT2D eigenvalue weighted by molar-refractivity contribution is -0.178. The highest BCUT2D eigenvalue weighted by atomic mass is 19.4. The van der Waals surface area contributed by atoms with Gasteiger partial charge in [0.2, 0.25) is 0 Å². The first kappa shape index (κ1) is 8.42. The summed E-state index contributed by atoms with van der Waals surface area (Å²) in [5.74, 6) is -2.11. The van der Waals surface area contributed by atoms with Gasteiger partial charge in [-0.1, -0.05) is 0 Å². The molecular weight excluding hydrogens is 137 g/mol. The van der Waals surface area contributed by atoms with Crippen molar-refractivity contribution in [2.45, 2.75) is 19.2 Å². The highest BCUT2D eigenvalue weighted by Gasteiger charge is 2.40. The second-order valence-electron chi connectivity index (χ2n) is 1.54. The Morgan fingerprint density at radius 3 is 1.89 bits per heavy atom. The van der Waals surface area contributed by atoms with Crippen LogP contribution in [0, 0.1) is 0 Å². The van der Waals surface area contributed by atoms with Gasteiger partial charge in [0.15, 0.2) is 0 Å². The van der Waals surface area contributed by atoms with E-state index in [0.29, 0.717) is 0 Å². The summed E-state index contributed by atoms with van der Waals surface area (Å²) in [4.78, 5) is 9.79. The van der Waals surface area contributed by atoms with E-state index in [9.17, 15) is 18.0 Å². The number of alkyl halides is 3. The van der Waals surface area contributed by atoms with Gasteiger partial charge >= 0.3 is 6.18 Å². The standard InChI is InChI=1S/C4H5F3O2/c1-2(8)3(9)4(5,6)7/h2,8H,1H3/t2-/m0/s1. The van der Waals surface area contributed by atoms with Gasteiger partial charge in [0.25, 0.3) is 5.78 Å². The lowest BCUT2D eigenvalue weighted by atomic mass is 10.2. The van der Waals surface area contributed by atoms with E-state index in [1.54, 1.807) is 0 Å². The molecule has 0 spiro atoms. The van der Waals surface area contributed by atoms with Crippen LogP contribution in [-0.4, -0.2) is 23.2 Å². The van der Waals surface area contributed by atoms with Gasteiger partial charge in [-0.3, -0.25) is 4.79 Å². The summed E-state index contributed by atoms with van der Waals surface area (Å²) < 4.78 is 33.6. The number of hydrogen-bond donors (Lipinski definition) is 1. The molecule has 0 radical (unpaired) electrons. The van der Waals surface area contributed by atoms with E-state index in [0.717, 1.165) is 6.92 Å². The maximum atomic E-state index is 11.2. The largest absolute Gasteiger partial charge is 0.452 e. The fraction of sp³-hybridized carbons (Fsp3) is 0.750. The SMILES string of the molecule is C[C@H](O)C(=O)C(F)(F)F. The lowest BCUT2D eigenvalue weighted by Gasteiger charge is -2.05. The number of aliphatic hydroxyl groups excluding tert-OH is 1. The number of halogens is 3. The van der Waals surface area contributed by atoms with Crippen LogP contribution in [0.2, 0.25) is 0 Å². The van der Waals surface area contributed by atoms with Crippen molar-refractivity contribution in [1.29, 1.82) is 0 Å². The lowest BCUT2D eigenvalue weighted by Crippen LogP contribution is -2.32. The van der Waals surface area contributed by atoms with Crippen LogP contribution < -0.4 is 0 Å². The Bertz CT molecular complexity index is 115. The first-order chi connectivity index (χ1) is 3.85. The number of aliphatic hydroxyl groups is 1. The molecule has 1 N–H and O–H groups in total. The molecule has 0 aliphatic carbocycles. The highest BCUT2D eigenvalue weighted by molar-refractivity contribution is 5.87. The molecule has 0 unspecified atom stereocenters. The molecule has 0 saturated carbocycles. The van der Waals surface area contributed by atoms with Gasteiger partial charge in [-0.25, -0.2) is 0 Å². The minimum absolute atomic E-state index is 0.774. The van der Waals surface area contributed by atoms with Gasteiger partial charge in [-0.15, -0.1) is 0 Å². The summed E-state index contributed by atoms with van der Waals surface area (Å²) >= 11 is 0. The van der Waals surface area contributed by atoms with Gasteiger partial charge in [0.05, 0.1) is 0 Å². The number of ketones is 1. The number of carbonyl (C=O) groups excluding carboxylic acids is 1. The van der Waals surface area contributed by atoms with Gasteiger partial charge in [-0.2, -0.15) is 13.2 Å². The smallest absolute Gasteiger partial charge is 0.385 e. The van der Waals surface area contributed by atoms with Crippen LogP contribution in [0.1, 0.15) is 6.92 Å². The van der Waals surface area contributed by atoms with Crippen molar-refractivity contribution in [3.05, 3.63) is 0 Å². The summed E-state index contributed by atoms with van der Waals surface area (Å²) in [6.07, 6.45) is -6.86. The second kappa shape index (κ2) is 2.34. The zero-order valence-electron chi connectivity index (χ0n) is 4.57. The molecule has 0 aliphatic heterocycles. The van der Waals surface area contributed by atoms with E-state index in [1.807, 2.05) is 0 Å². The fourth-order valence-electron chi connectivity index (χ4n) is 0.237. The Morgan fingerprint density at radius 1 is 1.56 bits per heavy atom. The van der Waals surface area contributed by atoms with Crippen LogP contribution in [0.15, 0.2) is 0 Å². The summed E-state index contributed by atoms with van der Waals surface area (Å²) in [6.45, 7) is 0.774. The number of Topliss-reactive ketones (excluding diaryl/α,β-unsaturated/α-hetero) is 1. The molecule has 0 aliphatic rings. The molecular formula is C4H5F3O2. The normalized spacial score (nSPS) is 15.2. The average molecular weight is 142 g/mol. The Hall–Kier alpha value is -0.580. The third kappa shape index (κ3) is 2.46. The van der Waals surface area contributed by atoms with Gasteiger partial charge in [-0.05, 0) is 6.92 Å². The molecule has 0 aromatic carbocycles. The van der Waals surface area contributed by atoms with E-state index in [-0.39, 0.29) is 0 Å². The zero-order valence-corrected chi connectivity index (χ0v) is 4.57. The third-order valence-electron chi connectivity index (χ3n) is 0.659. The average Bonchev–Trinajstić information content (AvgIpc) is 1.62. The summed E-state index contributed by atoms with van der Waals surface area (Å²) in [7, 11) is 0. The van der Waals surface area contributed by atoms with Crippen molar-refractivity contribution in [3.8, 4) is 0 Å². The predicted octanol–water partition coefficient (Wildman–Crippen LogP) is 0.499. The Kier molecular flexibility index (Phi) is 2.19. The Labute approximate surface area is 49.3 Å². The third-order valence-corrected chi connectivity index (χ3v) is 0.659. The Balaban J connectivity index is 4.06. The molecule has 0 bridgehead atoms. The minimum Gasteiger partial charge on any atom is -0.385 e. The van der Waals surface area contributed by atoms with E-state index >= 15 is 0 Å². The molecule has 0 aromatic heterocycles. The van der Waals surface area contributed by atoms with Crippen molar-refractivity contribution in [2.24, 2.45) is 0 Å². The number of rotatable bonds is 1. The van der Waals surface area contributed by atoms with Crippen molar-refractivity contribution < 1.29 is 23.1 Å². The van der Waals surface area contributed by atoms with Crippen LogP contribution in [0.25, 0.3) is 0 Å². The van der Waals surface area contributed by atoms with Crippen LogP contribution in [0.3, 0.4) is 0 Å². The van der Waals surface area contributed by atoms with E-state index in [4.69, 9.17) is 5.11 Å². The van der Waals surface area contributed by atoms with Crippen molar-refractivity contribution in [2.75, 3.05) is 0 Å². The topological polar surface area (TPSA) is 37.3 Å². The van der Waals surface area contributed by atoms with E-state index in [1.165, 1.54) is 0 Å². The Morgan fingerprint density at radius 2 is 1.89 bits per heavy atom. The quantitative estimate of drug-likeness (QED) is 0.578. The van der Waals surface area contributed by atoms with Crippen LogP contribution in [0.5, 0.6) is 0 Å². The molecule has 0 aromatic rings. The molecule has 9 heavy (non-hydrogen) atoms. The summed E-state index contributed by atoms with van der Waals surface area (Å²) in [5.41, 5.74) is 0. The minimum atomic E-state index is -4.91. The van der Waals surface area contributed by atoms with E-state index < -0.39 is 18.1 Å². The van der Waals surface area contributed by atoms with Crippen molar-refractivity contribution in [1.82, 2.24) is 0 Å². The molecule has 0 fully saturated rings. The van der Waals surface area contributed by atoms with E-state index in [2.05, 4.69) is 0 Å². The molecule has 0 amide bonds. The summed E-state index contributed by atoms with van der Waals surface area (Å²) in [6, 6.07) is 0. The van der Waals surface area contributed by atoms with Gasteiger partial charge in [0, 0.05) is 0 Å². The van der Waals surface area contributed by atoms with Crippen LogP contribution in [-0.2, 0) is 4.79 Å². The molecule has 2 nitrogen and oxygen atoms in total. The van der Waals surface area contributed by atoms with Crippen molar-refractivity contribution in [3.63, 3.8) is 0 Å². The molecule has 1 atom stereocenters. The molecule has 0 saturated heterocycles. The molecule has 5 heteroatoms. The van der Waals surface area contributed by atoms with Crippen molar-refractivity contribution >= 4 is 5.78 Å². The second-order valence-corrected chi connectivity index (χ2v) is 1.54. The molecule has 54 valence electrons. The number of carbonyl (C=O) groups is 1. The summed E-state index contributed by atoms with van der Waals surface area (Å²) in [5, 5.41) is 8.09.